The van der Waals surface area contributed by atoms with Gasteiger partial charge in [-0.1, -0.05) is 35.0 Å². The third-order valence-corrected chi connectivity index (χ3v) is 4.10. The van der Waals surface area contributed by atoms with Crippen LogP contribution in [-0.4, -0.2) is 22.4 Å². The number of hydrogen-bond donors (Lipinski definition) is 1. The minimum atomic E-state index is 0.436. The first kappa shape index (κ1) is 16.2. The highest BCUT2D eigenvalue weighted by molar-refractivity contribution is 9.10. The smallest absolute Gasteiger partial charge is 0.0596 e. The highest BCUT2D eigenvalue weighted by Gasteiger charge is 2.13. The normalized spacial score (nSPS) is 12.6. The van der Waals surface area contributed by atoms with Crippen molar-refractivity contribution < 1.29 is 0 Å². The number of benzene rings is 1. The standard InChI is InChI=1S/C17H24BrN3/c1-4-19-16(11-14-7-6-8-15(18)10-14)12-17-9-13(3)20-21(17)5-2/h6-10,16,19H,4-5,11-12H2,1-3H3. The van der Waals surface area contributed by atoms with E-state index in [1.54, 1.807) is 0 Å². The van der Waals surface area contributed by atoms with Crippen LogP contribution in [0, 0.1) is 6.92 Å². The molecule has 1 aromatic carbocycles. The van der Waals surface area contributed by atoms with E-state index < -0.39 is 0 Å². The lowest BCUT2D eigenvalue weighted by molar-refractivity contribution is 0.495. The summed E-state index contributed by atoms with van der Waals surface area (Å²) in [6, 6.07) is 11.2. The maximum Gasteiger partial charge on any atom is 0.0596 e. The van der Waals surface area contributed by atoms with Crippen LogP contribution in [0.25, 0.3) is 0 Å². The molecule has 114 valence electrons. The van der Waals surface area contributed by atoms with Crippen molar-refractivity contribution in [3.63, 3.8) is 0 Å². The summed E-state index contributed by atoms with van der Waals surface area (Å²) in [6.45, 7) is 8.28. The van der Waals surface area contributed by atoms with E-state index in [0.29, 0.717) is 6.04 Å². The molecule has 1 N–H and O–H groups in total. The van der Waals surface area contributed by atoms with Crippen molar-refractivity contribution in [1.82, 2.24) is 15.1 Å². The maximum atomic E-state index is 4.54. The lowest BCUT2D eigenvalue weighted by atomic mass is 10.0. The van der Waals surface area contributed by atoms with Crippen LogP contribution in [-0.2, 0) is 19.4 Å². The lowest BCUT2D eigenvalue weighted by Crippen LogP contribution is -2.33. The molecule has 0 saturated carbocycles. The Morgan fingerprint density at radius 3 is 2.71 bits per heavy atom. The second-order valence-corrected chi connectivity index (χ2v) is 6.30. The maximum absolute atomic E-state index is 4.54. The quantitative estimate of drug-likeness (QED) is 0.825. The van der Waals surface area contributed by atoms with Crippen molar-refractivity contribution in [2.24, 2.45) is 0 Å². The van der Waals surface area contributed by atoms with E-state index in [0.717, 1.165) is 36.1 Å². The zero-order chi connectivity index (χ0) is 15.2. The number of aryl methyl sites for hydroxylation is 2. The lowest BCUT2D eigenvalue weighted by Gasteiger charge is -2.18. The van der Waals surface area contributed by atoms with Gasteiger partial charge in [-0.2, -0.15) is 5.10 Å². The van der Waals surface area contributed by atoms with Crippen LogP contribution < -0.4 is 5.32 Å². The largest absolute Gasteiger partial charge is 0.314 e. The molecule has 0 aliphatic rings. The molecule has 21 heavy (non-hydrogen) atoms. The predicted octanol–water partition coefficient (Wildman–Crippen LogP) is 3.74. The number of rotatable bonds is 7. The van der Waals surface area contributed by atoms with Crippen molar-refractivity contribution in [1.29, 1.82) is 0 Å². The first-order valence-corrected chi connectivity index (χ1v) is 8.42. The summed E-state index contributed by atoms with van der Waals surface area (Å²) in [5, 5.41) is 8.15. The Labute approximate surface area is 135 Å². The molecule has 0 amide bonds. The van der Waals surface area contributed by atoms with Crippen molar-refractivity contribution in [2.45, 2.75) is 46.2 Å². The van der Waals surface area contributed by atoms with E-state index in [9.17, 15) is 0 Å². The average molecular weight is 350 g/mol. The third-order valence-electron chi connectivity index (χ3n) is 3.60. The molecule has 0 radical (unpaired) electrons. The minimum absolute atomic E-state index is 0.436. The van der Waals surface area contributed by atoms with Crippen LogP contribution in [0.2, 0.25) is 0 Å². The molecule has 3 nitrogen and oxygen atoms in total. The summed E-state index contributed by atoms with van der Waals surface area (Å²) in [6.07, 6.45) is 2.04. The van der Waals surface area contributed by atoms with Crippen molar-refractivity contribution >= 4 is 15.9 Å². The van der Waals surface area contributed by atoms with E-state index in [-0.39, 0.29) is 0 Å². The van der Waals surface area contributed by atoms with Gasteiger partial charge in [0.1, 0.15) is 0 Å². The second-order valence-electron chi connectivity index (χ2n) is 5.39. The van der Waals surface area contributed by atoms with Crippen LogP contribution >= 0.6 is 15.9 Å². The summed E-state index contributed by atoms with van der Waals surface area (Å²) in [4.78, 5) is 0. The van der Waals surface area contributed by atoms with Gasteiger partial charge in [-0.05, 0) is 50.6 Å². The molecule has 2 rings (SSSR count). The van der Waals surface area contributed by atoms with Crippen LogP contribution in [0.3, 0.4) is 0 Å². The molecule has 1 atom stereocenters. The fourth-order valence-corrected chi connectivity index (χ4v) is 3.19. The molecule has 0 spiro atoms. The van der Waals surface area contributed by atoms with Gasteiger partial charge in [0.25, 0.3) is 0 Å². The zero-order valence-corrected chi connectivity index (χ0v) is 14.7. The molecule has 4 heteroatoms. The van der Waals surface area contributed by atoms with Gasteiger partial charge in [-0.3, -0.25) is 4.68 Å². The van der Waals surface area contributed by atoms with Gasteiger partial charge in [0.15, 0.2) is 0 Å². The number of likely N-dealkylation sites (N-methyl/N-ethyl adjacent to an activating group) is 1. The molecule has 0 fully saturated rings. The molecule has 1 unspecified atom stereocenters. The molecule has 0 aliphatic heterocycles. The van der Waals surface area contributed by atoms with Crippen LogP contribution in [0.4, 0.5) is 0 Å². The van der Waals surface area contributed by atoms with Gasteiger partial charge in [0.2, 0.25) is 0 Å². The summed E-state index contributed by atoms with van der Waals surface area (Å²) in [5.41, 5.74) is 3.77. The Balaban J connectivity index is 2.11. The Morgan fingerprint density at radius 2 is 2.05 bits per heavy atom. The number of hydrogen-bond acceptors (Lipinski definition) is 2. The molecule has 2 aromatic rings. The van der Waals surface area contributed by atoms with Crippen LogP contribution in [0.15, 0.2) is 34.8 Å². The molecule has 1 heterocycles. The van der Waals surface area contributed by atoms with Crippen LogP contribution in [0.1, 0.15) is 30.8 Å². The van der Waals surface area contributed by atoms with E-state index in [2.05, 4.69) is 82.1 Å². The summed E-state index contributed by atoms with van der Waals surface area (Å²) in [5.74, 6) is 0. The topological polar surface area (TPSA) is 29.9 Å². The monoisotopic (exact) mass is 349 g/mol. The minimum Gasteiger partial charge on any atom is -0.314 e. The Hall–Kier alpha value is -1.13. The Bertz CT molecular complexity index is 577. The SMILES string of the molecule is CCNC(Cc1cccc(Br)c1)Cc1cc(C)nn1CC. The molecule has 0 saturated heterocycles. The van der Waals surface area contributed by atoms with E-state index in [1.165, 1.54) is 11.3 Å². The fraction of sp³-hybridized carbons (Fsp3) is 0.471. The summed E-state index contributed by atoms with van der Waals surface area (Å²) >= 11 is 3.55. The zero-order valence-electron chi connectivity index (χ0n) is 13.1. The van der Waals surface area contributed by atoms with E-state index >= 15 is 0 Å². The third kappa shape index (κ3) is 4.68. The van der Waals surface area contributed by atoms with Gasteiger partial charge in [-0.25, -0.2) is 0 Å². The van der Waals surface area contributed by atoms with Crippen molar-refractivity contribution in [3.05, 3.63) is 51.8 Å². The molecular formula is C17H24BrN3. The van der Waals surface area contributed by atoms with Crippen molar-refractivity contribution in [2.75, 3.05) is 6.54 Å². The van der Waals surface area contributed by atoms with Gasteiger partial charge in [0, 0.05) is 29.2 Å². The first-order valence-electron chi connectivity index (χ1n) is 7.63. The molecule has 1 aromatic heterocycles. The number of halogens is 1. The summed E-state index contributed by atoms with van der Waals surface area (Å²) < 4.78 is 3.25. The average Bonchev–Trinajstić information content (AvgIpc) is 2.79. The highest BCUT2D eigenvalue weighted by Crippen LogP contribution is 2.15. The van der Waals surface area contributed by atoms with E-state index in [1.807, 2.05) is 0 Å². The highest BCUT2D eigenvalue weighted by atomic mass is 79.9. The predicted molar refractivity (Wildman–Crippen MR) is 91.7 cm³/mol. The van der Waals surface area contributed by atoms with Gasteiger partial charge >= 0.3 is 0 Å². The van der Waals surface area contributed by atoms with Crippen LogP contribution in [0.5, 0.6) is 0 Å². The Morgan fingerprint density at radius 1 is 1.24 bits per heavy atom. The van der Waals surface area contributed by atoms with Crippen molar-refractivity contribution in [3.8, 4) is 0 Å². The summed E-state index contributed by atoms with van der Waals surface area (Å²) in [7, 11) is 0. The van der Waals surface area contributed by atoms with Gasteiger partial charge in [0.05, 0.1) is 5.69 Å². The second kappa shape index (κ2) is 7.76. The number of nitrogens with one attached hydrogen (secondary N) is 1. The Kier molecular flexibility index (Phi) is 6.00. The van der Waals surface area contributed by atoms with E-state index in [4.69, 9.17) is 0 Å². The first-order chi connectivity index (χ1) is 10.1. The number of nitrogens with zero attached hydrogens (tertiary/aromatic N) is 2. The fourth-order valence-electron chi connectivity index (χ4n) is 2.74. The molecule has 0 aliphatic carbocycles. The van der Waals surface area contributed by atoms with Gasteiger partial charge < -0.3 is 5.32 Å². The molecule has 0 bridgehead atoms. The van der Waals surface area contributed by atoms with Gasteiger partial charge in [-0.15, -0.1) is 0 Å². The molecular weight excluding hydrogens is 326 g/mol. The number of aromatic nitrogens is 2.